The van der Waals surface area contributed by atoms with Crippen molar-refractivity contribution in [3.8, 4) is 44.8 Å². The summed E-state index contributed by atoms with van der Waals surface area (Å²) in [5.74, 6) is 0. The molecule has 0 saturated heterocycles. The molecule has 1 aliphatic rings. The molecule has 0 unspecified atom stereocenters. The van der Waals surface area contributed by atoms with Crippen molar-refractivity contribution in [3.05, 3.63) is 182 Å². The fourth-order valence-electron chi connectivity index (χ4n) is 9.81. The largest absolute Gasteiger partial charge is 0.456 e. The fourth-order valence-corrected chi connectivity index (χ4v) is 9.81. The average molecular weight is 699 g/mol. The minimum absolute atomic E-state index is 0.906. The maximum Gasteiger partial charge on any atom is 0.136 e. The first-order valence-corrected chi connectivity index (χ1v) is 18.9. The molecule has 254 valence electrons. The summed E-state index contributed by atoms with van der Waals surface area (Å²) in [4.78, 5) is 0. The number of para-hydroxylation sites is 2. The number of rotatable bonds is 3. The van der Waals surface area contributed by atoms with Crippen molar-refractivity contribution >= 4 is 76.3 Å². The lowest BCUT2D eigenvalue weighted by Crippen LogP contribution is -1.96. The van der Waals surface area contributed by atoms with Gasteiger partial charge in [0.05, 0.1) is 27.8 Å². The van der Waals surface area contributed by atoms with Crippen LogP contribution >= 0.6 is 0 Å². The third-order valence-corrected chi connectivity index (χ3v) is 12.1. The Hall–Kier alpha value is -7.36. The zero-order valence-electron chi connectivity index (χ0n) is 29.6. The zero-order chi connectivity index (χ0) is 35.8. The van der Waals surface area contributed by atoms with E-state index in [-0.39, 0.29) is 0 Å². The second-order valence-corrected chi connectivity index (χ2v) is 14.8. The number of benzene rings is 9. The van der Waals surface area contributed by atoms with Gasteiger partial charge in [0.15, 0.2) is 0 Å². The van der Waals surface area contributed by atoms with Crippen LogP contribution in [0.25, 0.3) is 121 Å². The lowest BCUT2D eigenvalue weighted by Gasteiger charge is -2.14. The summed E-state index contributed by atoms with van der Waals surface area (Å²) < 4.78 is 11.5. The molecule has 0 bridgehead atoms. The molecular formula is C52H30N2O. The summed E-state index contributed by atoms with van der Waals surface area (Å²) in [6.45, 7) is 0. The van der Waals surface area contributed by atoms with Crippen LogP contribution in [-0.2, 0) is 0 Å². The van der Waals surface area contributed by atoms with Crippen LogP contribution in [0.3, 0.4) is 0 Å². The van der Waals surface area contributed by atoms with Crippen LogP contribution in [0.1, 0.15) is 0 Å². The van der Waals surface area contributed by atoms with Gasteiger partial charge in [-0.15, -0.1) is 0 Å². The molecule has 0 spiro atoms. The molecule has 0 amide bonds. The molecule has 1 aliphatic carbocycles. The summed E-state index contributed by atoms with van der Waals surface area (Å²) in [5, 5.41) is 9.78. The number of hydrogen-bond donors (Lipinski definition) is 0. The summed E-state index contributed by atoms with van der Waals surface area (Å²) in [6.07, 6.45) is 0. The van der Waals surface area contributed by atoms with E-state index in [0.29, 0.717) is 0 Å². The van der Waals surface area contributed by atoms with Gasteiger partial charge in [-0.05, 0) is 87.3 Å². The number of nitrogens with zero attached hydrogens (tertiary/aromatic N) is 2. The highest BCUT2D eigenvalue weighted by Gasteiger charge is 2.26. The Kier molecular flexibility index (Phi) is 5.63. The average Bonchev–Trinajstić information content (AvgIpc) is 3.99. The molecule has 0 fully saturated rings. The van der Waals surface area contributed by atoms with Gasteiger partial charge < -0.3 is 13.6 Å². The molecule has 0 N–H and O–H groups in total. The van der Waals surface area contributed by atoms with Gasteiger partial charge in [0, 0.05) is 43.4 Å². The predicted molar refractivity (Wildman–Crippen MR) is 230 cm³/mol. The Labute approximate surface area is 315 Å². The lowest BCUT2D eigenvalue weighted by atomic mass is 10.0. The van der Waals surface area contributed by atoms with Crippen LogP contribution in [0.2, 0.25) is 0 Å². The topological polar surface area (TPSA) is 23.0 Å². The van der Waals surface area contributed by atoms with Crippen LogP contribution < -0.4 is 0 Å². The van der Waals surface area contributed by atoms with E-state index in [0.717, 1.165) is 33.1 Å². The minimum Gasteiger partial charge on any atom is -0.456 e. The Balaban J connectivity index is 1.18. The molecule has 3 nitrogen and oxygen atoms in total. The van der Waals surface area contributed by atoms with Crippen molar-refractivity contribution in [1.29, 1.82) is 0 Å². The van der Waals surface area contributed by atoms with E-state index in [9.17, 15) is 0 Å². The maximum absolute atomic E-state index is 6.48. The van der Waals surface area contributed by atoms with Crippen LogP contribution in [0.4, 0.5) is 0 Å². The molecule has 55 heavy (non-hydrogen) atoms. The van der Waals surface area contributed by atoms with E-state index >= 15 is 0 Å². The van der Waals surface area contributed by atoms with Gasteiger partial charge in [0.25, 0.3) is 0 Å². The SMILES string of the molecule is c1ccc(-c2ccc(-n3c4ccc5oc6ccccc6c5c4c4ccc5c(c6ccccc6n5-c5ccc6c7c(cccc57)-c5ccccc5-6)c43)cc2)cc1. The van der Waals surface area contributed by atoms with Crippen molar-refractivity contribution in [2.24, 2.45) is 0 Å². The molecule has 0 saturated carbocycles. The van der Waals surface area contributed by atoms with Gasteiger partial charge in [-0.1, -0.05) is 133 Å². The normalized spacial score (nSPS) is 12.4. The minimum atomic E-state index is 0.906. The van der Waals surface area contributed by atoms with Gasteiger partial charge in [0.2, 0.25) is 0 Å². The smallest absolute Gasteiger partial charge is 0.136 e. The second-order valence-electron chi connectivity index (χ2n) is 14.8. The Bertz CT molecular complexity index is 3550. The van der Waals surface area contributed by atoms with Gasteiger partial charge in [-0.2, -0.15) is 0 Å². The second kappa shape index (κ2) is 10.6. The van der Waals surface area contributed by atoms with Gasteiger partial charge in [0.1, 0.15) is 11.2 Å². The van der Waals surface area contributed by atoms with Crippen LogP contribution in [0.15, 0.2) is 186 Å². The number of fused-ring (bicyclic) bond motifs is 14. The standard InChI is InChI=1S/C52H30N2O/c1-2-11-31(12-3-1)32-21-23-33(24-22-32)53-44-29-30-47-51(40-16-7-9-20-46(40)55-47)49(44)41-26-28-45-50(52(41)53)39-15-6-8-19-42(39)54(45)43-27-25-37-35-14-5-4-13-34(35)36-17-10-18-38(43)48(36)37/h1-30H. The van der Waals surface area contributed by atoms with Crippen molar-refractivity contribution in [2.45, 2.75) is 0 Å². The van der Waals surface area contributed by atoms with Gasteiger partial charge >= 0.3 is 0 Å². The lowest BCUT2D eigenvalue weighted by molar-refractivity contribution is 0.669. The van der Waals surface area contributed by atoms with Crippen LogP contribution in [0, 0.1) is 0 Å². The third kappa shape index (κ3) is 3.79. The first-order valence-electron chi connectivity index (χ1n) is 18.9. The molecular weight excluding hydrogens is 669 g/mol. The molecule has 9 aromatic carbocycles. The molecule has 0 radical (unpaired) electrons. The van der Waals surface area contributed by atoms with E-state index in [2.05, 4.69) is 191 Å². The van der Waals surface area contributed by atoms with E-state index in [4.69, 9.17) is 4.42 Å². The summed E-state index contributed by atoms with van der Waals surface area (Å²) >= 11 is 0. The maximum atomic E-state index is 6.48. The Morgan fingerprint density at radius 1 is 0.309 bits per heavy atom. The van der Waals surface area contributed by atoms with E-state index < -0.39 is 0 Å². The summed E-state index contributed by atoms with van der Waals surface area (Å²) in [6, 6.07) is 66.4. The number of hydrogen-bond acceptors (Lipinski definition) is 1. The van der Waals surface area contributed by atoms with Crippen molar-refractivity contribution in [1.82, 2.24) is 9.13 Å². The highest BCUT2D eigenvalue weighted by molar-refractivity contribution is 6.33. The van der Waals surface area contributed by atoms with E-state index in [1.165, 1.54) is 87.9 Å². The Morgan fingerprint density at radius 3 is 1.82 bits per heavy atom. The highest BCUT2D eigenvalue weighted by atomic mass is 16.3. The molecule has 3 aromatic heterocycles. The number of aromatic nitrogens is 2. The predicted octanol–water partition coefficient (Wildman–Crippen LogP) is 14.2. The number of furan rings is 1. The van der Waals surface area contributed by atoms with E-state index in [1.807, 2.05) is 0 Å². The van der Waals surface area contributed by atoms with Crippen molar-refractivity contribution in [2.75, 3.05) is 0 Å². The summed E-state index contributed by atoms with van der Waals surface area (Å²) in [5.41, 5.74) is 16.5. The summed E-state index contributed by atoms with van der Waals surface area (Å²) in [7, 11) is 0. The Morgan fingerprint density at radius 2 is 0.964 bits per heavy atom. The van der Waals surface area contributed by atoms with Crippen LogP contribution in [-0.4, -0.2) is 9.13 Å². The molecule has 3 heteroatoms. The molecule has 0 atom stereocenters. The monoisotopic (exact) mass is 698 g/mol. The van der Waals surface area contributed by atoms with Crippen LogP contribution in [0.5, 0.6) is 0 Å². The molecule has 0 aliphatic heterocycles. The third-order valence-electron chi connectivity index (χ3n) is 12.1. The first-order chi connectivity index (χ1) is 27.3. The van der Waals surface area contributed by atoms with Crippen molar-refractivity contribution in [3.63, 3.8) is 0 Å². The molecule has 3 heterocycles. The van der Waals surface area contributed by atoms with E-state index in [1.54, 1.807) is 0 Å². The molecule has 13 rings (SSSR count). The van der Waals surface area contributed by atoms with Gasteiger partial charge in [-0.25, -0.2) is 0 Å². The van der Waals surface area contributed by atoms with Crippen molar-refractivity contribution < 1.29 is 4.42 Å². The van der Waals surface area contributed by atoms with Gasteiger partial charge in [-0.3, -0.25) is 0 Å². The zero-order valence-corrected chi connectivity index (χ0v) is 29.6. The first kappa shape index (κ1) is 29.1. The molecule has 12 aromatic rings. The fraction of sp³-hybridized carbons (Fsp3) is 0. The highest BCUT2D eigenvalue weighted by Crippen LogP contribution is 2.50. The quantitative estimate of drug-likeness (QED) is 0.180.